The molecule has 0 bridgehead atoms. The molecule has 7 heteroatoms. The predicted molar refractivity (Wildman–Crippen MR) is 124 cm³/mol. The van der Waals surface area contributed by atoms with Gasteiger partial charge in [-0.25, -0.2) is 8.42 Å². The summed E-state index contributed by atoms with van der Waals surface area (Å²) in [5, 5.41) is 3.13. The Balaban J connectivity index is 2.08. The van der Waals surface area contributed by atoms with Crippen LogP contribution in [0.15, 0.2) is 72.9 Å². The fourth-order valence-corrected chi connectivity index (χ4v) is 4.82. The standard InChI is InChI=1S/C24H32N2O4S/c1-20(2)23(24(27)30-3)26(19-22-13-8-5-9-14-22)31(28,29)18-10-16-25-17-15-21-11-6-4-7-12-21/h4-14,16,20,23,25H,15,17-19H2,1-3H3. The smallest absolute Gasteiger partial charge is 0.324 e. The molecule has 0 aliphatic heterocycles. The number of nitrogens with one attached hydrogen (secondary N) is 1. The van der Waals surface area contributed by atoms with Gasteiger partial charge in [-0.15, -0.1) is 0 Å². The average Bonchev–Trinajstić information content (AvgIpc) is 2.76. The molecule has 6 nitrogen and oxygen atoms in total. The highest BCUT2D eigenvalue weighted by Crippen LogP contribution is 2.21. The quantitative estimate of drug-likeness (QED) is 0.401. The van der Waals surface area contributed by atoms with Crippen LogP contribution >= 0.6 is 0 Å². The molecule has 0 fully saturated rings. The van der Waals surface area contributed by atoms with Crippen molar-refractivity contribution in [2.75, 3.05) is 19.4 Å². The SMILES string of the molecule is COC(=O)C(C(C)C)N(Cc1ccccc1)S(=O)(=O)CC=CNCCc1ccccc1. The molecule has 0 spiro atoms. The number of rotatable bonds is 12. The summed E-state index contributed by atoms with van der Waals surface area (Å²) in [4.78, 5) is 12.4. The van der Waals surface area contributed by atoms with Crippen molar-refractivity contribution in [3.05, 3.63) is 84.1 Å². The molecule has 1 unspecified atom stereocenters. The monoisotopic (exact) mass is 444 g/mol. The minimum absolute atomic E-state index is 0.108. The fraction of sp³-hybridized carbons (Fsp3) is 0.375. The van der Waals surface area contributed by atoms with E-state index in [1.807, 2.05) is 62.4 Å². The lowest BCUT2D eigenvalue weighted by molar-refractivity contribution is -0.146. The van der Waals surface area contributed by atoms with Crippen LogP contribution in [-0.2, 0) is 32.5 Å². The molecule has 0 saturated carbocycles. The van der Waals surface area contributed by atoms with Gasteiger partial charge in [-0.05, 0) is 29.7 Å². The second-order valence-electron chi connectivity index (χ2n) is 7.61. The zero-order chi connectivity index (χ0) is 22.7. The number of carbonyl (C=O) groups is 1. The van der Waals surface area contributed by atoms with Crippen molar-refractivity contribution in [3.63, 3.8) is 0 Å². The predicted octanol–water partition coefficient (Wildman–Crippen LogP) is 3.36. The molecule has 2 rings (SSSR count). The Hall–Kier alpha value is -2.64. The number of sulfonamides is 1. The molecule has 0 saturated heterocycles. The van der Waals surface area contributed by atoms with E-state index in [1.54, 1.807) is 12.3 Å². The summed E-state index contributed by atoms with van der Waals surface area (Å²) < 4.78 is 32.6. The highest BCUT2D eigenvalue weighted by molar-refractivity contribution is 7.89. The average molecular weight is 445 g/mol. The van der Waals surface area contributed by atoms with Gasteiger partial charge in [0.05, 0.1) is 12.9 Å². The number of nitrogens with zero attached hydrogens (tertiary/aromatic N) is 1. The second kappa shape index (κ2) is 12.3. The molecule has 0 amide bonds. The van der Waals surface area contributed by atoms with E-state index in [2.05, 4.69) is 17.4 Å². The van der Waals surface area contributed by atoms with E-state index in [4.69, 9.17) is 4.74 Å². The first-order chi connectivity index (χ1) is 14.8. The van der Waals surface area contributed by atoms with Gasteiger partial charge in [0, 0.05) is 13.1 Å². The third kappa shape index (κ3) is 7.84. The molecule has 31 heavy (non-hydrogen) atoms. The lowest BCUT2D eigenvalue weighted by Gasteiger charge is -2.31. The minimum atomic E-state index is -3.75. The van der Waals surface area contributed by atoms with Crippen LogP contribution in [0.5, 0.6) is 0 Å². The molecular formula is C24H32N2O4S. The van der Waals surface area contributed by atoms with E-state index in [0.717, 1.165) is 12.0 Å². The van der Waals surface area contributed by atoms with E-state index in [0.29, 0.717) is 6.54 Å². The first-order valence-electron chi connectivity index (χ1n) is 10.4. The molecule has 0 radical (unpaired) electrons. The molecule has 168 valence electrons. The molecule has 0 aromatic heterocycles. The lowest BCUT2D eigenvalue weighted by Crippen LogP contribution is -2.48. The number of ether oxygens (including phenoxy) is 1. The van der Waals surface area contributed by atoms with Crippen molar-refractivity contribution in [2.45, 2.75) is 32.9 Å². The molecule has 0 heterocycles. The lowest BCUT2D eigenvalue weighted by atomic mass is 10.0. The van der Waals surface area contributed by atoms with E-state index >= 15 is 0 Å². The third-order valence-electron chi connectivity index (χ3n) is 4.87. The summed E-state index contributed by atoms with van der Waals surface area (Å²) >= 11 is 0. The van der Waals surface area contributed by atoms with Gasteiger partial charge in [0.25, 0.3) is 0 Å². The zero-order valence-corrected chi connectivity index (χ0v) is 19.2. The fourth-order valence-electron chi connectivity index (χ4n) is 3.27. The van der Waals surface area contributed by atoms with Gasteiger partial charge in [-0.3, -0.25) is 4.79 Å². The third-order valence-corrected chi connectivity index (χ3v) is 6.55. The summed E-state index contributed by atoms with van der Waals surface area (Å²) in [6, 6.07) is 18.4. The maximum atomic E-state index is 13.2. The van der Waals surface area contributed by atoms with Crippen molar-refractivity contribution < 1.29 is 17.9 Å². The maximum Gasteiger partial charge on any atom is 0.324 e. The summed E-state index contributed by atoms with van der Waals surface area (Å²) in [7, 11) is -2.47. The number of hydrogen-bond acceptors (Lipinski definition) is 5. The molecule has 1 atom stereocenters. The van der Waals surface area contributed by atoms with Crippen LogP contribution in [0, 0.1) is 5.92 Å². The van der Waals surface area contributed by atoms with Crippen molar-refractivity contribution in [1.29, 1.82) is 0 Å². The Morgan fingerprint density at radius 1 is 1.03 bits per heavy atom. The molecule has 1 N–H and O–H groups in total. The number of benzene rings is 2. The summed E-state index contributed by atoms with van der Waals surface area (Å²) in [5.74, 6) is -1.00. The topological polar surface area (TPSA) is 75.7 Å². The van der Waals surface area contributed by atoms with E-state index in [-0.39, 0.29) is 18.2 Å². The van der Waals surface area contributed by atoms with Crippen LogP contribution in [0.3, 0.4) is 0 Å². The Labute approximate surface area is 186 Å². The van der Waals surface area contributed by atoms with Crippen molar-refractivity contribution in [1.82, 2.24) is 9.62 Å². The van der Waals surface area contributed by atoms with Crippen LogP contribution < -0.4 is 5.32 Å². The van der Waals surface area contributed by atoms with Crippen LogP contribution in [0.25, 0.3) is 0 Å². The Morgan fingerprint density at radius 2 is 1.61 bits per heavy atom. The van der Waals surface area contributed by atoms with Gasteiger partial charge in [0.15, 0.2) is 0 Å². The minimum Gasteiger partial charge on any atom is -0.468 e. The van der Waals surface area contributed by atoms with Crippen LogP contribution in [-0.4, -0.2) is 44.1 Å². The summed E-state index contributed by atoms with van der Waals surface area (Å²) in [6.45, 7) is 4.44. The Morgan fingerprint density at radius 3 is 2.16 bits per heavy atom. The number of methoxy groups -OCH3 is 1. The maximum absolute atomic E-state index is 13.2. The van der Waals surface area contributed by atoms with Crippen molar-refractivity contribution in [3.8, 4) is 0 Å². The van der Waals surface area contributed by atoms with Crippen LogP contribution in [0.2, 0.25) is 0 Å². The van der Waals surface area contributed by atoms with Crippen LogP contribution in [0.1, 0.15) is 25.0 Å². The van der Waals surface area contributed by atoms with Crippen LogP contribution in [0.4, 0.5) is 0 Å². The first kappa shape index (κ1) is 24.6. The summed E-state index contributed by atoms with van der Waals surface area (Å²) in [5.41, 5.74) is 2.02. The van der Waals surface area contributed by atoms with Gasteiger partial charge in [-0.2, -0.15) is 4.31 Å². The van der Waals surface area contributed by atoms with Gasteiger partial charge in [0.2, 0.25) is 10.0 Å². The van der Waals surface area contributed by atoms with Crippen molar-refractivity contribution >= 4 is 16.0 Å². The number of carbonyl (C=O) groups excluding carboxylic acids is 1. The Bertz CT molecular complexity index is 929. The van der Waals surface area contributed by atoms with Gasteiger partial charge >= 0.3 is 5.97 Å². The van der Waals surface area contributed by atoms with Gasteiger partial charge in [-0.1, -0.05) is 80.6 Å². The first-order valence-corrected chi connectivity index (χ1v) is 12.0. The molecular weight excluding hydrogens is 412 g/mol. The highest BCUT2D eigenvalue weighted by atomic mass is 32.2. The van der Waals surface area contributed by atoms with E-state index < -0.39 is 22.0 Å². The number of hydrogen-bond donors (Lipinski definition) is 1. The van der Waals surface area contributed by atoms with Crippen molar-refractivity contribution in [2.24, 2.45) is 5.92 Å². The van der Waals surface area contributed by atoms with Gasteiger partial charge in [0.1, 0.15) is 6.04 Å². The molecule has 2 aromatic rings. The highest BCUT2D eigenvalue weighted by Gasteiger charge is 2.37. The Kier molecular flexibility index (Phi) is 9.75. The zero-order valence-electron chi connectivity index (χ0n) is 18.4. The summed E-state index contributed by atoms with van der Waals surface area (Å²) in [6.07, 6.45) is 4.08. The van der Waals surface area contributed by atoms with E-state index in [9.17, 15) is 13.2 Å². The molecule has 2 aromatic carbocycles. The molecule has 0 aliphatic carbocycles. The normalized spacial score (nSPS) is 12.9. The molecule has 0 aliphatic rings. The number of esters is 1. The van der Waals surface area contributed by atoms with E-state index in [1.165, 1.54) is 17.0 Å². The second-order valence-corrected chi connectivity index (χ2v) is 9.58. The van der Waals surface area contributed by atoms with Gasteiger partial charge < -0.3 is 10.1 Å². The largest absolute Gasteiger partial charge is 0.468 e.